The van der Waals surface area contributed by atoms with Crippen LogP contribution >= 0.6 is 0 Å². The number of hydrogen-bond acceptors (Lipinski definition) is 4. The van der Waals surface area contributed by atoms with Gasteiger partial charge in [-0.1, -0.05) is 77.0 Å². The van der Waals surface area contributed by atoms with Crippen LogP contribution in [0, 0.1) is 0 Å². The van der Waals surface area contributed by atoms with Crippen molar-refractivity contribution in [1.82, 2.24) is 0 Å². The molecule has 0 radical (unpaired) electrons. The van der Waals surface area contributed by atoms with Crippen LogP contribution in [0.15, 0.2) is 47.9 Å². The van der Waals surface area contributed by atoms with Crippen molar-refractivity contribution in [3.63, 3.8) is 0 Å². The van der Waals surface area contributed by atoms with Crippen molar-refractivity contribution in [2.75, 3.05) is 13.2 Å². The second-order valence-corrected chi connectivity index (χ2v) is 14.7. The van der Waals surface area contributed by atoms with Crippen LogP contribution in [0.3, 0.4) is 0 Å². The number of allylic oxidation sites excluding steroid dienone is 4. The molecule has 0 aromatic carbocycles. The fraction of sp³-hybridized carbons (Fsp3) is 0.704. The van der Waals surface area contributed by atoms with E-state index in [-0.39, 0.29) is 12.2 Å². The molecule has 4 nitrogen and oxygen atoms in total. The van der Waals surface area contributed by atoms with E-state index in [0.717, 1.165) is 38.5 Å². The summed E-state index contributed by atoms with van der Waals surface area (Å²) < 4.78 is 26.5. The molecule has 0 aromatic rings. The SMILES string of the molecule is CCC=C[Si](C[Si](C=CCC)(OCC)OC(C)C=CCCC)(OCC)OC(C)C=CCCC. The van der Waals surface area contributed by atoms with Crippen molar-refractivity contribution in [3.05, 3.63) is 47.9 Å². The summed E-state index contributed by atoms with van der Waals surface area (Å²) in [5.41, 5.74) is 5.09. The maximum Gasteiger partial charge on any atom is 0.367 e. The Balaban J connectivity index is 6.22. The molecular formula is C27H52O4Si2. The minimum absolute atomic E-state index is 0.0263. The third-order valence-electron chi connectivity index (χ3n) is 4.98. The van der Waals surface area contributed by atoms with Crippen molar-refractivity contribution >= 4 is 17.1 Å². The molecule has 0 fully saturated rings. The van der Waals surface area contributed by atoms with Crippen molar-refractivity contribution in [1.29, 1.82) is 0 Å². The van der Waals surface area contributed by atoms with E-state index in [1.165, 1.54) is 0 Å². The molecule has 0 aliphatic rings. The van der Waals surface area contributed by atoms with E-state index in [4.69, 9.17) is 17.7 Å². The Morgan fingerprint density at radius 2 is 1.00 bits per heavy atom. The average molecular weight is 497 g/mol. The molecule has 4 atom stereocenters. The van der Waals surface area contributed by atoms with Crippen LogP contribution in [0.5, 0.6) is 0 Å². The van der Waals surface area contributed by atoms with Gasteiger partial charge in [0.05, 0.1) is 12.2 Å². The highest BCUT2D eigenvalue weighted by molar-refractivity contribution is 6.90. The molecule has 0 aliphatic heterocycles. The summed E-state index contributed by atoms with van der Waals surface area (Å²) >= 11 is 0. The van der Waals surface area contributed by atoms with Gasteiger partial charge in [-0.3, -0.25) is 0 Å². The largest absolute Gasteiger partial charge is 0.392 e. The molecule has 0 rings (SSSR count). The monoisotopic (exact) mass is 496 g/mol. The first-order valence-electron chi connectivity index (χ1n) is 13.2. The van der Waals surface area contributed by atoms with Gasteiger partial charge in [0.1, 0.15) is 0 Å². The first-order chi connectivity index (χ1) is 15.9. The van der Waals surface area contributed by atoms with Crippen molar-refractivity contribution in [2.24, 2.45) is 0 Å². The lowest BCUT2D eigenvalue weighted by Gasteiger charge is -2.37. The predicted molar refractivity (Wildman–Crippen MR) is 148 cm³/mol. The fourth-order valence-electron chi connectivity index (χ4n) is 3.59. The van der Waals surface area contributed by atoms with E-state index >= 15 is 0 Å². The zero-order chi connectivity index (χ0) is 25.0. The Labute approximate surface area is 207 Å². The van der Waals surface area contributed by atoms with Crippen LogP contribution in [0.2, 0.25) is 5.67 Å². The Hall–Kier alpha value is -0.766. The summed E-state index contributed by atoms with van der Waals surface area (Å²) in [7, 11) is -5.53. The van der Waals surface area contributed by atoms with E-state index in [0.29, 0.717) is 18.9 Å². The highest BCUT2D eigenvalue weighted by Crippen LogP contribution is 2.30. The summed E-state index contributed by atoms with van der Waals surface area (Å²) in [5.74, 6) is 0. The smallest absolute Gasteiger partial charge is 0.367 e. The molecule has 0 saturated heterocycles. The molecule has 0 bridgehead atoms. The Kier molecular flexibility index (Phi) is 19.1. The Bertz CT molecular complexity index is 541. The van der Waals surface area contributed by atoms with E-state index in [1.807, 2.05) is 13.8 Å². The highest BCUT2D eigenvalue weighted by atomic mass is 28.4. The molecule has 6 heteroatoms. The molecule has 0 amide bonds. The van der Waals surface area contributed by atoms with Crippen LogP contribution in [-0.2, 0) is 17.7 Å². The molecule has 0 saturated carbocycles. The molecule has 0 N–H and O–H groups in total. The molecular weight excluding hydrogens is 444 g/mol. The van der Waals surface area contributed by atoms with Gasteiger partial charge < -0.3 is 17.7 Å². The number of hydrogen-bond donors (Lipinski definition) is 0. The lowest BCUT2D eigenvalue weighted by Crippen LogP contribution is -2.55. The number of unbranched alkanes of at least 4 members (excludes halogenated alkanes) is 2. The zero-order valence-electron chi connectivity index (χ0n) is 22.8. The summed E-state index contributed by atoms with van der Waals surface area (Å²) in [4.78, 5) is 0. The van der Waals surface area contributed by atoms with E-state index < -0.39 is 17.1 Å². The van der Waals surface area contributed by atoms with Crippen molar-refractivity contribution in [2.45, 2.75) is 112 Å². The second-order valence-electron chi connectivity index (χ2n) is 8.37. The first-order valence-corrected chi connectivity index (χ1v) is 17.4. The zero-order valence-corrected chi connectivity index (χ0v) is 24.8. The highest BCUT2D eigenvalue weighted by Gasteiger charge is 2.50. The number of rotatable bonds is 20. The molecule has 0 aliphatic carbocycles. The third-order valence-corrected chi connectivity index (χ3v) is 13.5. The second kappa shape index (κ2) is 19.5. The minimum Gasteiger partial charge on any atom is -0.392 e. The molecule has 192 valence electrons. The molecule has 0 spiro atoms. The maximum atomic E-state index is 6.75. The topological polar surface area (TPSA) is 36.9 Å². The van der Waals surface area contributed by atoms with Gasteiger partial charge >= 0.3 is 17.1 Å². The van der Waals surface area contributed by atoms with Gasteiger partial charge in [-0.05, 0) is 64.8 Å². The van der Waals surface area contributed by atoms with Crippen LogP contribution in [-0.4, -0.2) is 42.5 Å². The average Bonchev–Trinajstić information content (AvgIpc) is 2.77. The quantitative estimate of drug-likeness (QED) is 0.126. The van der Waals surface area contributed by atoms with Crippen molar-refractivity contribution < 1.29 is 17.7 Å². The maximum absolute atomic E-state index is 6.75. The van der Waals surface area contributed by atoms with Crippen LogP contribution in [0.25, 0.3) is 0 Å². The molecule has 33 heavy (non-hydrogen) atoms. The summed E-state index contributed by atoms with van der Waals surface area (Å²) in [6.45, 7) is 18.2. The summed E-state index contributed by atoms with van der Waals surface area (Å²) in [5, 5.41) is 0. The lowest BCUT2D eigenvalue weighted by molar-refractivity contribution is 0.142. The normalized spacial score (nSPS) is 18.4. The lowest BCUT2D eigenvalue weighted by atomic mass is 10.3. The summed E-state index contributed by atoms with van der Waals surface area (Å²) in [6, 6.07) is 0. The van der Waals surface area contributed by atoms with Gasteiger partial charge in [0.25, 0.3) is 0 Å². The molecule has 4 unspecified atom stereocenters. The first kappa shape index (κ1) is 32.2. The van der Waals surface area contributed by atoms with Crippen LogP contribution in [0.4, 0.5) is 0 Å². The standard InChI is InChI=1S/C27H52O4Si2/c1-9-15-19-21-26(7)30-32(28-13-5,23-17-11-3)25-33(29-14-6,24-18-12-4)31-27(8)22-20-16-10-2/h17-24,26-27H,9-16,25H2,1-8H3. The van der Waals surface area contributed by atoms with Crippen LogP contribution < -0.4 is 0 Å². The summed E-state index contributed by atoms with van der Waals surface area (Å²) in [6.07, 6.45) is 19.3. The van der Waals surface area contributed by atoms with E-state index in [1.54, 1.807) is 0 Å². The predicted octanol–water partition coefficient (Wildman–Crippen LogP) is 8.02. The van der Waals surface area contributed by atoms with Gasteiger partial charge in [0, 0.05) is 18.9 Å². The van der Waals surface area contributed by atoms with Crippen LogP contribution in [0.1, 0.15) is 93.9 Å². The Morgan fingerprint density at radius 3 is 1.30 bits per heavy atom. The van der Waals surface area contributed by atoms with Gasteiger partial charge in [-0.2, -0.15) is 0 Å². The minimum atomic E-state index is -2.76. The Morgan fingerprint density at radius 1 is 0.606 bits per heavy atom. The van der Waals surface area contributed by atoms with Crippen molar-refractivity contribution in [3.8, 4) is 0 Å². The third kappa shape index (κ3) is 14.3. The molecule has 0 aromatic heterocycles. The fourth-order valence-corrected chi connectivity index (χ4v) is 12.8. The van der Waals surface area contributed by atoms with E-state index in [2.05, 4.69) is 89.4 Å². The van der Waals surface area contributed by atoms with Gasteiger partial charge in [-0.25, -0.2) is 0 Å². The van der Waals surface area contributed by atoms with Gasteiger partial charge in [0.2, 0.25) is 0 Å². The molecule has 0 heterocycles. The van der Waals surface area contributed by atoms with Gasteiger partial charge in [0.15, 0.2) is 0 Å². The van der Waals surface area contributed by atoms with Gasteiger partial charge in [-0.15, -0.1) is 0 Å². The van der Waals surface area contributed by atoms with E-state index in [9.17, 15) is 0 Å².